The predicted octanol–water partition coefficient (Wildman–Crippen LogP) is 2.34. The molecule has 2 amide bonds. The number of carbonyl (C=O) groups is 1. The third kappa shape index (κ3) is 4.71. The lowest BCUT2D eigenvalue weighted by molar-refractivity contribution is 0.174. The molecule has 0 saturated carbocycles. The molecule has 3 rings (SSSR count). The fraction of sp³-hybridized carbons (Fsp3) is 0.632. The van der Waals surface area contributed by atoms with Crippen LogP contribution in [0.15, 0.2) is 24.3 Å². The van der Waals surface area contributed by atoms with Crippen LogP contribution in [0.2, 0.25) is 0 Å². The van der Waals surface area contributed by atoms with Crippen molar-refractivity contribution in [2.24, 2.45) is 0 Å². The number of rotatable bonds is 4. The number of nitrogens with zero attached hydrogens (tertiary/aromatic N) is 2. The largest absolute Gasteiger partial charge is 0.392 e. The van der Waals surface area contributed by atoms with Crippen LogP contribution < -0.4 is 5.32 Å². The number of likely N-dealkylation sites (tertiary alicyclic amines) is 2. The molecular weight excluding hydrogens is 302 g/mol. The minimum atomic E-state index is -0.195. The lowest BCUT2D eigenvalue weighted by Gasteiger charge is -2.22. The summed E-state index contributed by atoms with van der Waals surface area (Å²) in [6.45, 7) is 4.84. The quantitative estimate of drug-likeness (QED) is 0.890. The van der Waals surface area contributed by atoms with Gasteiger partial charge in [-0.3, -0.25) is 4.90 Å². The highest BCUT2D eigenvalue weighted by Gasteiger charge is 2.21. The Morgan fingerprint density at radius 2 is 1.79 bits per heavy atom. The van der Waals surface area contributed by atoms with E-state index in [9.17, 15) is 9.90 Å². The summed E-state index contributed by atoms with van der Waals surface area (Å²) < 4.78 is 0. The van der Waals surface area contributed by atoms with E-state index < -0.39 is 0 Å². The topological polar surface area (TPSA) is 55.8 Å². The molecule has 2 aliphatic rings. The molecule has 2 fully saturated rings. The van der Waals surface area contributed by atoms with Crippen LogP contribution in [0.25, 0.3) is 0 Å². The molecule has 0 radical (unpaired) electrons. The number of aliphatic hydroxyl groups is 1. The molecule has 132 valence electrons. The van der Waals surface area contributed by atoms with Crippen molar-refractivity contribution in [1.82, 2.24) is 15.1 Å². The van der Waals surface area contributed by atoms with Crippen molar-refractivity contribution in [2.75, 3.05) is 26.2 Å². The average molecular weight is 331 g/mol. The van der Waals surface area contributed by atoms with E-state index in [1.165, 1.54) is 24.0 Å². The van der Waals surface area contributed by atoms with Crippen LogP contribution in [0, 0.1) is 0 Å². The Bertz CT molecular complexity index is 541. The highest BCUT2D eigenvalue weighted by molar-refractivity contribution is 5.74. The van der Waals surface area contributed by atoms with Crippen molar-refractivity contribution in [3.8, 4) is 0 Å². The molecule has 1 unspecified atom stereocenters. The Morgan fingerprint density at radius 3 is 2.46 bits per heavy atom. The summed E-state index contributed by atoms with van der Waals surface area (Å²) in [5, 5.41) is 12.8. The molecule has 1 atom stereocenters. The molecule has 1 aromatic rings. The highest BCUT2D eigenvalue weighted by Crippen LogP contribution is 2.17. The van der Waals surface area contributed by atoms with E-state index >= 15 is 0 Å². The SMILES string of the molecule is O=C(NCc1ccccc1CN1CCC(O)C1)N1CCCCCC1. The smallest absolute Gasteiger partial charge is 0.317 e. The van der Waals surface area contributed by atoms with Gasteiger partial charge in [-0.05, 0) is 30.4 Å². The van der Waals surface area contributed by atoms with Gasteiger partial charge in [0.2, 0.25) is 0 Å². The summed E-state index contributed by atoms with van der Waals surface area (Å²) in [5.74, 6) is 0. The predicted molar refractivity (Wildman–Crippen MR) is 94.6 cm³/mol. The maximum atomic E-state index is 12.4. The number of nitrogens with one attached hydrogen (secondary N) is 1. The van der Waals surface area contributed by atoms with Crippen molar-refractivity contribution in [3.63, 3.8) is 0 Å². The van der Waals surface area contributed by atoms with Gasteiger partial charge >= 0.3 is 6.03 Å². The molecule has 2 saturated heterocycles. The van der Waals surface area contributed by atoms with Crippen molar-refractivity contribution in [1.29, 1.82) is 0 Å². The first kappa shape index (κ1) is 17.2. The summed E-state index contributed by atoms with van der Waals surface area (Å²) in [6.07, 6.45) is 5.35. The first-order chi connectivity index (χ1) is 11.7. The third-order valence-electron chi connectivity index (χ3n) is 5.08. The Balaban J connectivity index is 1.55. The molecule has 2 N–H and O–H groups in total. The van der Waals surface area contributed by atoms with Crippen LogP contribution in [-0.2, 0) is 13.1 Å². The molecule has 2 heterocycles. The molecule has 0 aliphatic carbocycles. The monoisotopic (exact) mass is 331 g/mol. The minimum absolute atomic E-state index is 0.0586. The maximum Gasteiger partial charge on any atom is 0.317 e. The zero-order valence-corrected chi connectivity index (χ0v) is 14.4. The van der Waals surface area contributed by atoms with Gasteiger partial charge in [0.05, 0.1) is 6.10 Å². The number of β-amino-alcohol motifs (C(OH)–C–C–N with tert-alkyl or cyclic N) is 1. The van der Waals surface area contributed by atoms with E-state index in [4.69, 9.17) is 0 Å². The zero-order valence-electron chi connectivity index (χ0n) is 14.4. The number of benzene rings is 1. The van der Waals surface area contributed by atoms with Crippen LogP contribution in [-0.4, -0.2) is 53.2 Å². The Kier molecular flexibility index (Phi) is 6.10. The summed E-state index contributed by atoms with van der Waals surface area (Å²) in [7, 11) is 0. The fourth-order valence-electron chi connectivity index (χ4n) is 3.64. The van der Waals surface area contributed by atoms with Crippen LogP contribution in [0.4, 0.5) is 4.79 Å². The van der Waals surface area contributed by atoms with Gasteiger partial charge in [0.15, 0.2) is 0 Å². The molecule has 2 aliphatic heterocycles. The van der Waals surface area contributed by atoms with Gasteiger partial charge in [-0.15, -0.1) is 0 Å². The number of carbonyl (C=O) groups excluding carboxylic acids is 1. The Morgan fingerprint density at radius 1 is 1.08 bits per heavy atom. The number of urea groups is 1. The molecule has 0 spiro atoms. The normalized spacial score (nSPS) is 22.4. The third-order valence-corrected chi connectivity index (χ3v) is 5.08. The van der Waals surface area contributed by atoms with E-state index in [-0.39, 0.29) is 12.1 Å². The number of aliphatic hydroxyl groups excluding tert-OH is 1. The van der Waals surface area contributed by atoms with Gasteiger partial charge in [0.1, 0.15) is 0 Å². The second kappa shape index (κ2) is 8.49. The second-order valence-electron chi connectivity index (χ2n) is 7.01. The second-order valence-corrected chi connectivity index (χ2v) is 7.01. The number of amides is 2. The summed E-state index contributed by atoms with van der Waals surface area (Å²) in [4.78, 5) is 16.6. The Labute approximate surface area is 144 Å². The van der Waals surface area contributed by atoms with Gasteiger partial charge in [0.25, 0.3) is 0 Å². The number of hydrogen-bond donors (Lipinski definition) is 2. The molecule has 24 heavy (non-hydrogen) atoms. The fourth-order valence-corrected chi connectivity index (χ4v) is 3.64. The van der Waals surface area contributed by atoms with Gasteiger partial charge in [0, 0.05) is 39.3 Å². The number of hydrogen-bond acceptors (Lipinski definition) is 3. The van der Waals surface area contributed by atoms with E-state index in [1.807, 2.05) is 17.0 Å². The lowest BCUT2D eigenvalue weighted by Crippen LogP contribution is -2.40. The molecule has 5 nitrogen and oxygen atoms in total. The highest BCUT2D eigenvalue weighted by atomic mass is 16.3. The van der Waals surface area contributed by atoms with E-state index in [0.717, 1.165) is 52.0 Å². The van der Waals surface area contributed by atoms with Crippen molar-refractivity contribution >= 4 is 6.03 Å². The van der Waals surface area contributed by atoms with Crippen molar-refractivity contribution in [3.05, 3.63) is 35.4 Å². The average Bonchev–Trinajstić information content (AvgIpc) is 2.84. The summed E-state index contributed by atoms with van der Waals surface area (Å²) in [6, 6.07) is 8.34. The van der Waals surface area contributed by atoms with E-state index in [1.54, 1.807) is 0 Å². The lowest BCUT2D eigenvalue weighted by atomic mass is 10.1. The van der Waals surface area contributed by atoms with E-state index in [2.05, 4.69) is 22.3 Å². The zero-order chi connectivity index (χ0) is 16.8. The van der Waals surface area contributed by atoms with Crippen LogP contribution >= 0.6 is 0 Å². The van der Waals surface area contributed by atoms with Gasteiger partial charge in [-0.2, -0.15) is 0 Å². The first-order valence-corrected chi connectivity index (χ1v) is 9.22. The molecule has 0 aromatic heterocycles. The van der Waals surface area contributed by atoms with Crippen LogP contribution in [0.5, 0.6) is 0 Å². The van der Waals surface area contributed by atoms with Crippen molar-refractivity contribution < 1.29 is 9.90 Å². The summed E-state index contributed by atoms with van der Waals surface area (Å²) in [5.41, 5.74) is 2.41. The molecule has 0 bridgehead atoms. The van der Waals surface area contributed by atoms with Crippen LogP contribution in [0.3, 0.4) is 0 Å². The van der Waals surface area contributed by atoms with Crippen LogP contribution in [0.1, 0.15) is 43.2 Å². The first-order valence-electron chi connectivity index (χ1n) is 9.22. The van der Waals surface area contributed by atoms with Crippen molar-refractivity contribution in [2.45, 2.75) is 51.3 Å². The van der Waals surface area contributed by atoms with Gasteiger partial charge in [-0.25, -0.2) is 4.79 Å². The molecule has 1 aromatic carbocycles. The molecule has 5 heteroatoms. The maximum absolute atomic E-state index is 12.4. The summed E-state index contributed by atoms with van der Waals surface area (Å²) >= 11 is 0. The molecular formula is C19H29N3O2. The van der Waals surface area contributed by atoms with E-state index in [0.29, 0.717) is 6.54 Å². The minimum Gasteiger partial charge on any atom is -0.392 e. The Hall–Kier alpha value is -1.59. The van der Waals surface area contributed by atoms with Gasteiger partial charge in [-0.1, -0.05) is 37.1 Å². The van der Waals surface area contributed by atoms with Gasteiger partial charge < -0.3 is 15.3 Å². The standard InChI is InChI=1S/C19H29N3O2/c23-18-9-12-21(15-18)14-17-8-4-3-7-16(17)13-20-19(24)22-10-5-1-2-6-11-22/h3-4,7-8,18,23H,1-2,5-6,9-15H2,(H,20,24).